The number of nitrogens with one attached hydrogen (secondary N) is 1. The monoisotopic (exact) mass is 337 g/mol. The smallest absolute Gasteiger partial charge is 0.307 e. The van der Waals surface area contributed by atoms with E-state index in [0.29, 0.717) is 6.61 Å². The highest BCUT2D eigenvalue weighted by atomic mass is 16.5. The third kappa shape index (κ3) is 4.91. The highest BCUT2D eigenvalue weighted by Crippen LogP contribution is 2.17. The molecule has 6 nitrogen and oxygen atoms in total. The minimum atomic E-state index is -0.813. The SMILES string of the molecule is O=C(O)Cc1cccc(CCCOc2ccc(-c3ccn[nH]3)nc2)c1. The molecule has 0 aliphatic rings. The van der Waals surface area contributed by atoms with Gasteiger partial charge in [0.2, 0.25) is 0 Å². The summed E-state index contributed by atoms with van der Waals surface area (Å²) in [7, 11) is 0. The van der Waals surface area contributed by atoms with E-state index in [9.17, 15) is 4.79 Å². The number of hydrogen-bond acceptors (Lipinski definition) is 4. The number of nitrogens with zero attached hydrogens (tertiary/aromatic N) is 2. The van der Waals surface area contributed by atoms with Gasteiger partial charge in [-0.25, -0.2) is 0 Å². The molecule has 0 bridgehead atoms. The largest absolute Gasteiger partial charge is 0.492 e. The van der Waals surface area contributed by atoms with E-state index in [2.05, 4.69) is 15.2 Å². The average molecular weight is 337 g/mol. The number of aliphatic carboxylic acids is 1. The van der Waals surface area contributed by atoms with Crippen molar-refractivity contribution in [2.45, 2.75) is 19.3 Å². The number of carbonyl (C=O) groups is 1. The molecule has 0 radical (unpaired) electrons. The molecule has 25 heavy (non-hydrogen) atoms. The Balaban J connectivity index is 1.46. The summed E-state index contributed by atoms with van der Waals surface area (Å²) in [5.74, 6) is -0.0885. The molecule has 128 valence electrons. The van der Waals surface area contributed by atoms with Gasteiger partial charge in [-0.1, -0.05) is 24.3 Å². The molecular weight excluding hydrogens is 318 g/mol. The van der Waals surface area contributed by atoms with E-state index < -0.39 is 5.97 Å². The van der Waals surface area contributed by atoms with E-state index in [1.165, 1.54) is 0 Å². The zero-order valence-corrected chi connectivity index (χ0v) is 13.7. The first-order chi connectivity index (χ1) is 12.2. The lowest BCUT2D eigenvalue weighted by atomic mass is 10.0. The van der Waals surface area contributed by atoms with Gasteiger partial charge in [0.1, 0.15) is 5.75 Å². The first-order valence-corrected chi connectivity index (χ1v) is 8.09. The van der Waals surface area contributed by atoms with Crippen molar-refractivity contribution < 1.29 is 14.6 Å². The fraction of sp³-hybridized carbons (Fsp3) is 0.211. The van der Waals surface area contributed by atoms with E-state index in [0.717, 1.165) is 41.1 Å². The molecular formula is C19H19N3O3. The van der Waals surface area contributed by atoms with Crippen LogP contribution in [0.2, 0.25) is 0 Å². The third-order valence-corrected chi connectivity index (χ3v) is 3.74. The summed E-state index contributed by atoms with van der Waals surface area (Å²) in [6.45, 7) is 0.578. The van der Waals surface area contributed by atoms with Gasteiger partial charge in [-0.05, 0) is 42.2 Å². The van der Waals surface area contributed by atoms with E-state index in [-0.39, 0.29) is 6.42 Å². The first kappa shape index (κ1) is 16.7. The Morgan fingerprint density at radius 3 is 2.76 bits per heavy atom. The third-order valence-electron chi connectivity index (χ3n) is 3.74. The van der Waals surface area contributed by atoms with Crippen LogP contribution in [0.1, 0.15) is 17.5 Å². The Morgan fingerprint density at radius 2 is 2.04 bits per heavy atom. The van der Waals surface area contributed by atoms with Crippen molar-refractivity contribution in [2.24, 2.45) is 0 Å². The van der Waals surface area contributed by atoms with Crippen molar-refractivity contribution in [3.05, 3.63) is 66.0 Å². The molecule has 0 aliphatic carbocycles. The number of hydrogen-bond donors (Lipinski definition) is 2. The topological polar surface area (TPSA) is 88.1 Å². The van der Waals surface area contributed by atoms with Crippen LogP contribution in [-0.4, -0.2) is 32.9 Å². The number of aromatic nitrogens is 3. The molecule has 0 saturated carbocycles. The number of carboxylic acids is 1. The Hall–Kier alpha value is -3.15. The molecule has 3 aromatic rings. The van der Waals surface area contributed by atoms with Gasteiger partial charge >= 0.3 is 5.97 Å². The van der Waals surface area contributed by atoms with Crippen LogP contribution in [0.4, 0.5) is 0 Å². The second-order valence-electron chi connectivity index (χ2n) is 5.69. The summed E-state index contributed by atoms with van der Waals surface area (Å²) in [6, 6.07) is 13.3. The molecule has 0 saturated heterocycles. The number of ether oxygens (including phenoxy) is 1. The van der Waals surface area contributed by atoms with Gasteiger partial charge in [-0.3, -0.25) is 14.9 Å². The fourth-order valence-corrected chi connectivity index (χ4v) is 2.56. The maximum absolute atomic E-state index is 10.8. The normalized spacial score (nSPS) is 10.6. The predicted octanol–water partition coefficient (Wildman–Crippen LogP) is 3.11. The number of carboxylic acid groups (broad SMARTS) is 1. The molecule has 0 unspecified atom stereocenters. The average Bonchev–Trinajstić information content (AvgIpc) is 3.14. The molecule has 6 heteroatoms. The lowest BCUT2D eigenvalue weighted by molar-refractivity contribution is -0.136. The zero-order chi connectivity index (χ0) is 17.5. The van der Waals surface area contributed by atoms with Crippen molar-refractivity contribution in [1.82, 2.24) is 15.2 Å². The van der Waals surface area contributed by atoms with Gasteiger partial charge < -0.3 is 9.84 Å². The molecule has 0 fully saturated rings. The zero-order valence-electron chi connectivity index (χ0n) is 13.7. The molecule has 3 rings (SSSR count). The number of rotatable bonds is 8. The van der Waals surface area contributed by atoms with E-state index >= 15 is 0 Å². The van der Waals surface area contributed by atoms with Gasteiger partial charge in [0.05, 0.1) is 30.6 Å². The van der Waals surface area contributed by atoms with Gasteiger partial charge in [0.25, 0.3) is 0 Å². The summed E-state index contributed by atoms with van der Waals surface area (Å²) in [6.07, 6.45) is 5.13. The summed E-state index contributed by atoms with van der Waals surface area (Å²) in [4.78, 5) is 15.1. The van der Waals surface area contributed by atoms with Crippen LogP contribution in [0.25, 0.3) is 11.4 Å². The lowest BCUT2D eigenvalue weighted by Crippen LogP contribution is -2.02. The summed E-state index contributed by atoms with van der Waals surface area (Å²) >= 11 is 0. The molecule has 2 aromatic heterocycles. The van der Waals surface area contributed by atoms with Crippen molar-refractivity contribution in [3.8, 4) is 17.1 Å². The van der Waals surface area contributed by atoms with Gasteiger partial charge in [0.15, 0.2) is 0 Å². The fourth-order valence-electron chi connectivity index (χ4n) is 2.56. The van der Waals surface area contributed by atoms with Gasteiger partial charge in [-0.15, -0.1) is 0 Å². The lowest BCUT2D eigenvalue weighted by Gasteiger charge is -2.07. The number of pyridine rings is 1. The van der Waals surface area contributed by atoms with E-state index in [1.54, 1.807) is 12.4 Å². The highest BCUT2D eigenvalue weighted by molar-refractivity contribution is 5.70. The number of H-pyrrole nitrogens is 1. The minimum absolute atomic E-state index is 0.0543. The molecule has 0 spiro atoms. The minimum Gasteiger partial charge on any atom is -0.492 e. The molecule has 0 atom stereocenters. The van der Waals surface area contributed by atoms with Crippen molar-refractivity contribution >= 4 is 5.97 Å². The Labute approximate surface area is 145 Å². The number of benzene rings is 1. The molecule has 1 aromatic carbocycles. The van der Waals surface area contributed by atoms with Crippen molar-refractivity contribution in [2.75, 3.05) is 6.61 Å². The summed E-state index contributed by atoms with van der Waals surface area (Å²) < 4.78 is 5.71. The first-order valence-electron chi connectivity index (χ1n) is 8.09. The standard InChI is InChI=1S/C19H19N3O3/c23-19(24)12-15-4-1-3-14(11-15)5-2-10-25-16-6-7-17(20-13-16)18-8-9-21-22-18/h1,3-4,6-9,11,13H,2,5,10,12H2,(H,21,22)(H,23,24). The van der Waals surface area contributed by atoms with Gasteiger partial charge in [-0.2, -0.15) is 5.10 Å². The Kier molecular flexibility index (Phi) is 5.41. The summed E-state index contributed by atoms with van der Waals surface area (Å²) in [5, 5.41) is 15.6. The predicted molar refractivity (Wildman–Crippen MR) is 93.4 cm³/mol. The number of aryl methyl sites for hydroxylation is 1. The highest BCUT2D eigenvalue weighted by Gasteiger charge is 2.03. The number of aromatic amines is 1. The van der Waals surface area contributed by atoms with Gasteiger partial charge in [0, 0.05) is 6.20 Å². The molecule has 0 amide bonds. The van der Waals surface area contributed by atoms with Crippen LogP contribution in [0.5, 0.6) is 5.75 Å². The maximum atomic E-state index is 10.8. The van der Waals surface area contributed by atoms with Crippen molar-refractivity contribution in [1.29, 1.82) is 0 Å². The maximum Gasteiger partial charge on any atom is 0.307 e. The molecule has 2 heterocycles. The molecule has 2 N–H and O–H groups in total. The van der Waals surface area contributed by atoms with Crippen LogP contribution < -0.4 is 4.74 Å². The van der Waals surface area contributed by atoms with Crippen LogP contribution in [0, 0.1) is 0 Å². The summed E-state index contributed by atoms with van der Waals surface area (Å²) in [5.41, 5.74) is 3.63. The second kappa shape index (κ2) is 8.10. The quantitative estimate of drug-likeness (QED) is 0.617. The van der Waals surface area contributed by atoms with Crippen LogP contribution in [-0.2, 0) is 17.6 Å². The van der Waals surface area contributed by atoms with Crippen LogP contribution >= 0.6 is 0 Å². The van der Waals surface area contributed by atoms with Crippen LogP contribution in [0.15, 0.2) is 54.9 Å². The van der Waals surface area contributed by atoms with E-state index in [1.807, 2.05) is 42.5 Å². The Morgan fingerprint density at radius 1 is 1.16 bits per heavy atom. The Bertz CT molecular complexity index is 814. The van der Waals surface area contributed by atoms with Crippen LogP contribution in [0.3, 0.4) is 0 Å². The molecule has 0 aliphatic heterocycles. The second-order valence-corrected chi connectivity index (χ2v) is 5.69. The van der Waals surface area contributed by atoms with E-state index in [4.69, 9.17) is 9.84 Å². The van der Waals surface area contributed by atoms with Crippen molar-refractivity contribution in [3.63, 3.8) is 0 Å².